The molecule has 5 heteroatoms. The average molecular weight is 341 g/mol. The summed E-state index contributed by atoms with van der Waals surface area (Å²) < 4.78 is 16.3. The van der Waals surface area contributed by atoms with Crippen LogP contribution in [-0.2, 0) is 4.79 Å². The molecule has 1 aliphatic rings. The van der Waals surface area contributed by atoms with Crippen molar-refractivity contribution < 1.29 is 19.0 Å². The van der Waals surface area contributed by atoms with Gasteiger partial charge < -0.3 is 19.5 Å². The summed E-state index contributed by atoms with van der Waals surface area (Å²) in [6.07, 6.45) is 1.11. The predicted molar refractivity (Wildman–Crippen MR) is 95.0 cm³/mol. The standard InChI is InChI=1S/C20H23NO4/c1-14-5-3-6-17(11-14)23-10-4-7-20(22)21-15(2)16-8-9-18-19(12-16)25-13-24-18/h3,5-6,8-9,11-12,15H,4,7,10,13H2,1-2H3,(H,21,22). The number of fused-ring (bicyclic) bond motifs is 1. The van der Waals surface area contributed by atoms with Crippen LogP contribution in [0.5, 0.6) is 17.2 Å². The molecule has 25 heavy (non-hydrogen) atoms. The summed E-state index contributed by atoms with van der Waals surface area (Å²) in [5.41, 5.74) is 2.15. The summed E-state index contributed by atoms with van der Waals surface area (Å²) >= 11 is 0. The smallest absolute Gasteiger partial charge is 0.231 e. The molecule has 3 rings (SSSR count). The van der Waals surface area contributed by atoms with E-state index >= 15 is 0 Å². The molecule has 0 spiro atoms. The third kappa shape index (κ3) is 4.66. The maximum Gasteiger partial charge on any atom is 0.231 e. The van der Waals surface area contributed by atoms with Crippen LogP contribution in [0.1, 0.15) is 36.9 Å². The third-order valence-electron chi connectivity index (χ3n) is 4.08. The Hall–Kier alpha value is -2.69. The quantitative estimate of drug-likeness (QED) is 0.779. The molecule has 0 saturated heterocycles. The van der Waals surface area contributed by atoms with Gasteiger partial charge in [-0.1, -0.05) is 18.2 Å². The highest BCUT2D eigenvalue weighted by molar-refractivity contribution is 5.76. The van der Waals surface area contributed by atoms with Crippen LogP contribution >= 0.6 is 0 Å². The van der Waals surface area contributed by atoms with E-state index in [0.29, 0.717) is 19.4 Å². The molecule has 0 fully saturated rings. The lowest BCUT2D eigenvalue weighted by molar-refractivity contribution is -0.121. The van der Waals surface area contributed by atoms with E-state index < -0.39 is 0 Å². The summed E-state index contributed by atoms with van der Waals surface area (Å²) in [5.74, 6) is 2.33. The Bertz CT molecular complexity index is 744. The molecule has 0 aromatic heterocycles. The largest absolute Gasteiger partial charge is 0.494 e. The molecular formula is C20H23NO4. The summed E-state index contributed by atoms with van der Waals surface area (Å²) in [6, 6.07) is 13.5. The van der Waals surface area contributed by atoms with E-state index in [9.17, 15) is 4.79 Å². The lowest BCUT2D eigenvalue weighted by atomic mass is 10.1. The molecule has 132 valence electrons. The molecule has 2 aromatic carbocycles. The first-order valence-corrected chi connectivity index (χ1v) is 8.50. The van der Waals surface area contributed by atoms with Crippen LogP contribution in [0.15, 0.2) is 42.5 Å². The second-order valence-corrected chi connectivity index (χ2v) is 6.17. The first-order chi connectivity index (χ1) is 12.1. The Balaban J connectivity index is 1.41. The van der Waals surface area contributed by atoms with Crippen molar-refractivity contribution in [3.63, 3.8) is 0 Å². The van der Waals surface area contributed by atoms with Gasteiger partial charge >= 0.3 is 0 Å². The lowest BCUT2D eigenvalue weighted by Crippen LogP contribution is -2.26. The SMILES string of the molecule is Cc1cccc(OCCCC(=O)NC(C)c2ccc3c(c2)OCO3)c1. The molecule has 1 atom stereocenters. The summed E-state index contributed by atoms with van der Waals surface area (Å²) in [4.78, 5) is 12.1. The van der Waals surface area contributed by atoms with Crippen molar-refractivity contribution in [3.8, 4) is 17.2 Å². The molecule has 1 heterocycles. The van der Waals surface area contributed by atoms with Gasteiger partial charge in [0.1, 0.15) is 5.75 Å². The Morgan fingerprint density at radius 1 is 1.20 bits per heavy atom. The van der Waals surface area contributed by atoms with E-state index in [1.165, 1.54) is 0 Å². The second-order valence-electron chi connectivity index (χ2n) is 6.17. The van der Waals surface area contributed by atoms with Crippen LogP contribution in [0.3, 0.4) is 0 Å². The highest BCUT2D eigenvalue weighted by Crippen LogP contribution is 2.34. The van der Waals surface area contributed by atoms with Crippen LogP contribution < -0.4 is 19.5 Å². The zero-order valence-electron chi connectivity index (χ0n) is 14.6. The fourth-order valence-corrected chi connectivity index (χ4v) is 2.71. The van der Waals surface area contributed by atoms with Gasteiger partial charge in [-0.2, -0.15) is 0 Å². The summed E-state index contributed by atoms with van der Waals surface area (Å²) in [6.45, 7) is 4.76. The Kier molecular flexibility index (Phi) is 5.43. The van der Waals surface area contributed by atoms with Crippen LogP contribution in [-0.4, -0.2) is 19.3 Å². The minimum atomic E-state index is -0.0836. The number of nitrogens with one attached hydrogen (secondary N) is 1. The van der Waals surface area contributed by atoms with E-state index in [1.807, 2.05) is 56.3 Å². The molecule has 1 aliphatic heterocycles. The van der Waals surface area contributed by atoms with Gasteiger partial charge in [0.2, 0.25) is 12.7 Å². The predicted octanol–water partition coefficient (Wildman–Crippen LogP) is 3.76. The fraction of sp³-hybridized carbons (Fsp3) is 0.350. The Morgan fingerprint density at radius 3 is 2.88 bits per heavy atom. The molecule has 1 N–H and O–H groups in total. The van der Waals surface area contributed by atoms with Crippen LogP contribution in [0.25, 0.3) is 0 Å². The van der Waals surface area contributed by atoms with Crippen LogP contribution in [0, 0.1) is 6.92 Å². The van der Waals surface area contributed by atoms with E-state index in [-0.39, 0.29) is 18.7 Å². The second kappa shape index (κ2) is 7.92. The first kappa shape index (κ1) is 17.1. The van der Waals surface area contributed by atoms with Crippen molar-refractivity contribution in [2.45, 2.75) is 32.7 Å². The topological polar surface area (TPSA) is 56.8 Å². The number of benzene rings is 2. The minimum Gasteiger partial charge on any atom is -0.494 e. The van der Waals surface area contributed by atoms with Gasteiger partial charge in [-0.05, 0) is 55.7 Å². The monoisotopic (exact) mass is 341 g/mol. The molecule has 1 amide bonds. The number of ether oxygens (including phenoxy) is 3. The zero-order chi connectivity index (χ0) is 17.6. The summed E-state index contributed by atoms with van der Waals surface area (Å²) in [5, 5.41) is 3.00. The van der Waals surface area contributed by atoms with Crippen molar-refractivity contribution in [3.05, 3.63) is 53.6 Å². The van der Waals surface area contributed by atoms with Gasteiger partial charge in [0.05, 0.1) is 12.6 Å². The number of hydrogen-bond acceptors (Lipinski definition) is 4. The number of carbonyl (C=O) groups excluding carboxylic acids is 1. The van der Waals surface area contributed by atoms with E-state index in [2.05, 4.69) is 5.32 Å². The van der Waals surface area contributed by atoms with Crippen molar-refractivity contribution in [2.24, 2.45) is 0 Å². The number of aryl methyl sites for hydroxylation is 1. The zero-order valence-corrected chi connectivity index (χ0v) is 14.6. The Labute approximate surface area is 147 Å². The van der Waals surface area contributed by atoms with Crippen molar-refractivity contribution in [1.82, 2.24) is 5.32 Å². The molecule has 1 unspecified atom stereocenters. The molecule has 0 bridgehead atoms. The minimum absolute atomic E-state index is 0.0120. The van der Waals surface area contributed by atoms with Crippen molar-refractivity contribution >= 4 is 5.91 Å². The highest BCUT2D eigenvalue weighted by atomic mass is 16.7. The molecule has 2 aromatic rings. The average Bonchev–Trinajstić information content (AvgIpc) is 3.06. The van der Waals surface area contributed by atoms with Gasteiger partial charge in [0, 0.05) is 6.42 Å². The van der Waals surface area contributed by atoms with Gasteiger partial charge in [-0.3, -0.25) is 4.79 Å². The normalized spacial score (nSPS) is 13.4. The lowest BCUT2D eigenvalue weighted by Gasteiger charge is -2.15. The molecule has 0 radical (unpaired) electrons. The maximum absolute atomic E-state index is 12.1. The van der Waals surface area contributed by atoms with Gasteiger partial charge in [0.25, 0.3) is 0 Å². The fourth-order valence-electron chi connectivity index (χ4n) is 2.71. The molecule has 0 aliphatic carbocycles. The van der Waals surface area contributed by atoms with E-state index in [1.54, 1.807) is 0 Å². The third-order valence-corrected chi connectivity index (χ3v) is 4.08. The number of rotatable bonds is 7. The van der Waals surface area contributed by atoms with Crippen LogP contribution in [0.4, 0.5) is 0 Å². The van der Waals surface area contributed by atoms with Crippen molar-refractivity contribution in [2.75, 3.05) is 13.4 Å². The molecule has 5 nitrogen and oxygen atoms in total. The van der Waals surface area contributed by atoms with Crippen LogP contribution in [0.2, 0.25) is 0 Å². The maximum atomic E-state index is 12.1. The number of amides is 1. The Morgan fingerprint density at radius 2 is 2.04 bits per heavy atom. The van der Waals surface area contributed by atoms with Gasteiger partial charge in [0.15, 0.2) is 11.5 Å². The van der Waals surface area contributed by atoms with Gasteiger partial charge in [-0.15, -0.1) is 0 Å². The number of hydrogen-bond donors (Lipinski definition) is 1. The summed E-state index contributed by atoms with van der Waals surface area (Å²) in [7, 11) is 0. The molecule has 0 saturated carbocycles. The molecular weight excluding hydrogens is 318 g/mol. The first-order valence-electron chi connectivity index (χ1n) is 8.50. The van der Waals surface area contributed by atoms with Crippen molar-refractivity contribution in [1.29, 1.82) is 0 Å². The van der Waals surface area contributed by atoms with E-state index in [0.717, 1.165) is 28.4 Å². The highest BCUT2D eigenvalue weighted by Gasteiger charge is 2.16. The van der Waals surface area contributed by atoms with Gasteiger partial charge in [-0.25, -0.2) is 0 Å². The van der Waals surface area contributed by atoms with E-state index in [4.69, 9.17) is 14.2 Å². The number of carbonyl (C=O) groups is 1.